The van der Waals surface area contributed by atoms with E-state index in [2.05, 4.69) is 39.0 Å². The lowest BCUT2D eigenvalue weighted by molar-refractivity contribution is -0.373. The van der Waals surface area contributed by atoms with Crippen LogP contribution >= 0.6 is 0 Å². The number of hydrogen-bond acceptors (Lipinski definition) is 6. The summed E-state index contributed by atoms with van der Waals surface area (Å²) in [5.74, 6) is -0.486. The number of ether oxygens (including phenoxy) is 3. The van der Waals surface area contributed by atoms with Crippen LogP contribution in [0.25, 0.3) is 0 Å². The quantitative estimate of drug-likeness (QED) is 0.120. The van der Waals surface area contributed by atoms with E-state index in [1.54, 1.807) is 27.9 Å². The number of aliphatic hydroxyl groups is 1. The number of methoxy groups -OCH3 is 1. The van der Waals surface area contributed by atoms with Gasteiger partial charge < -0.3 is 19.3 Å². The second kappa shape index (κ2) is 21.7. The highest BCUT2D eigenvalue weighted by Crippen LogP contribution is 2.55. The van der Waals surface area contributed by atoms with Crippen molar-refractivity contribution >= 4 is 11.9 Å². The van der Waals surface area contributed by atoms with Gasteiger partial charge in [-0.2, -0.15) is 39.5 Å². The van der Waals surface area contributed by atoms with Crippen LogP contribution in [0.1, 0.15) is 160 Å². The zero-order chi connectivity index (χ0) is 43.5. The lowest BCUT2D eigenvalue weighted by Gasteiger charge is -2.36. The predicted molar refractivity (Wildman–Crippen MR) is 200 cm³/mol. The summed E-state index contributed by atoms with van der Waals surface area (Å²) in [6.45, 7) is 21.6. The molecule has 3 saturated carbocycles. The summed E-state index contributed by atoms with van der Waals surface area (Å²) in [6.07, 6.45) is -6.58. The third-order valence-electron chi connectivity index (χ3n) is 12.0. The molecule has 0 aromatic rings. The van der Waals surface area contributed by atoms with Gasteiger partial charge in [0.25, 0.3) is 5.60 Å². The average molecular weight is 831 g/mol. The van der Waals surface area contributed by atoms with Gasteiger partial charge in [0.15, 0.2) is 6.61 Å². The maximum absolute atomic E-state index is 12.5. The number of carbonyl (C=O) groups excluding carboxylic acids is 2. The second-order valence-electron chi connectivity index (χ2n) is 17.2. The third kappa shape index (κ3) is 16.6. The van der Waals surface area contributed by atoms with Crippen molar-refractivity contribution in [3.8, 4) is 0 Å². The SMILES string of the molecule is C.C=C(OC)C(C)(C)CC.CCC(C)(C)C(=O)OCC(F)(F)F.CCC1(OC(=O)C(C)(C)CC)CCCC1.OC(CC1CC2CCC1C2)(C(F)(F)F)C(F)(F)F. The van der Waals surface area contributed by atoms with E-state index in [4.69, 9.17) is 14.6 Å². The molecule has 0 aromatic heterocycles. The molecule has 3 unspecified atom stereocenters. The minimum atomic E-state index is -5.67. The van der Waals surface area contributed by atoms with Crippen molar-refractivity contribution in [2.75, 3.05) is 13.7 Å². The van der Waals surface area contributed by atoms with Crippen molar-refractivity contribution in [2.24, 2.45) is 34.0 Å². The third-order valence-corrected chi connectivity index (χ3v) is 12.0. The largest absolute Gasteiger partial charge is 0.501 e. The standard InChI is InChI=1S/C13H24O2.C11H14F6O.C8H13F3O2.C8H16O.CH4/c1-5-12(3,4)11(14)15-13(6-2)9-7-8-10-13;12-10(13,14)9(18,11(15,16)17)5-8-4-6-1-2-7(8)3-6;1-4-7(2,3)6(12)13-5-8(9,10)11;1-6-8(3,4)7(2)9-5;/h5-10H2,1-4H3;6-8,18H,1-5H2;4-5H2,1-3H3;2,6H2,1,3-5H3;1H4. The zero-order valence-corrected chi connectivity index (χ0v) is 34.7. The number of allylic oxidation sites excluding steroid dienone is 1. The Morgan fingerprint density at radius 3 is 1.48 bits per heavy atom. The van der Waals surface area contributed by atoms with Gasteiger partial charge in [0, 0.05) is 5.41 Å². The van der Waals surface area contributed by atoms with Crippen molar-refractivity contribution < 1.29 is 68.4 Å². The fourth-order valence-corrected chi connectivity index (χ4v) is 6.38. The molecule has 0 spiro atoms. The maximum atomic E-state index is 12.5. The molecule has 0 saturated heterocycles. The van der Waals surface area contributed by atoms with Crippen molar-refractivity contribution in [3.63, 3.8) is 0 Å². The van der Waals surface area contributed by atoms with Crippen LogP contribution in [-0.2, 0) is 23.8 Å². The Hall–Kier alpha value is -2.19. The van der Waals surface area contributed by atoms with E-state index in [9.17, 15) is 49.1 Å². The molecule has 3 fully saturated rings. The molecule has 0 amide bonds. The summed E-state index contributed by atoms with van der Waals surface area (Å²) < 4.78 is 125. The van der Waals surface area contributed by atoms with E-state index >= 15 is 0 Å². The lowest BCUT2D eigenvalue weighted by atomic mass is 9.79. The molecule has 1 N–H and O–H groups in total. The first-order chi connectivity index (χ1) is 24.7. The number of hydrogen-bond donors (Lipinski definition) is 1. The fraction of sp³-hybridized carbons (Fsp3) is 0.902. The number of rotatable bonds is 12. The Morgan fingerprint density at radius 2 is 1.18 bits per heavy atom. The van der Waals surface area contributed by atoms with Gasteiger partial charge in [0.2, 0.25) is 0 Å². The van der Waals surface area contributed by atoms with E-state index in [1.807, 2.05) is 20.8 Å². The molecule has 3 atom stereocenters. The number of esters is 2. The molecule has 2 bridgehead atoms. The molecule has 0 aromatic carbocycles. The van der Waals surface area contributed by atoms with Crippen LogP contribution in [0.5, 0.6) is 0 Å². The number of carbonyl (C=O) groups is 2. The number of alkyl halides is 9. The van der Waals surface area contributed by atoms with Gasteiger partial charge in [-0.1, -0.05) is 62.0 Å². The Balaban J connectivity index is 0. The molecular formula is C41H71F9O6. The summed E-state index contributed by atoms with van der Waals surface area (Å²) in [6, 6.07) is 0. The Kier molecular flexibility index (Phi) is 21.7. The molecule has 334 valence electrons. The first kappa shape index (κ1) is 55.9. The van der Waals surface area contributed by atoms with Crippen LogP contribution in [0.3, 0.4) is 0 Å². The van der Waals surface area contributed by atoms with Crippen molar-refractivity contribution in [1.29, 1.82) is 0 Å². The summed E-state index contributed by atoms with van der Waals surface area (Å²) in [5, 5.41) is 9.12. The van der Waals surface area contributed by atoms with Gasteiger partial charge in [-0.15, -0.1) is 0 Å². The van der Waals surface area contributed by atoms with Crippen LogP contribution in [0, 0.1) is 34.0 Å². The summed E-state index contributed by atoms with van der Waals surface area (Å²) in [7, 11) is 1.67. The molecule has 0 aliphatic heterocycles. The van der Waals surface area contributed by atoms with Crippen LogP contribution in [-0.4, -0.2) is 60.5 Å². The smallest absolute Gasteiger partial charge is 0.426 e. The molecule has 15 heteroatoms. The summed E-state index contributed by atoms with van der Waals surface area (Å²) in [5.41, 5.74) is -5.73. The van der Waals surface area contributed by atoms with E-state index in [1.165, 1.54) is 12.8 Å². The van der Waals surface area contributed by atoms with Crippen LogP contribution < -0.4 is 0 Å². The van der Waals surface area contributed by atoms with Gasteiger partial charge in [-0.05, 0) is 122 Å². The number of halogens is 9. The monoisotopic (exact) mass is 831 g/mol. The van der Waals surface area contributed by atoms with Crippen LogP contribution in [0.2, 0.25) is 0 Å². The first-order valence-corrected chi connectivity index (χ1v) is 19.3. The van der Waals surface area contributed by atoms with E-state index in [-0.39, 0.29) is 41.7 Å². The van der Waals surface area contributed by atoms with Gasteiger partial charge in [0.05, 0.1) is 23.7 Å². The molecule has 3 aliphatic carbocycles. The average Bonchev–Trinajstić information content (AvgIpc) is 3.84. The summed E-state index contributed by atoms with van der Waals surface area (Å²) in [4.78, 5) is 23.0. The molecule has 6 nitrogen and oxygen atoms in total. The minimum absolute atomic E-state index is 0. The Bertz CT molecular complexity index is 1190. The van der Waals surface area contributed by atoms with Crippen LogP contribution in [0.4, 0.5) is 39.5 Å². The van der Waals surface area contributed by atoms with E-state index in [0.717, 1.165) is 44.3 Å². The Morgan fingerprint density at radius 1 is 0.732 bits per heavy atom. The predicted octanol–water partition coefficient (Wildman–Crippen LogP) is 13.1. The highest BCUT2D eigenvalue weighted by molar-refractivity contribution is 5.76. The molecular weight excluding hydrogens is 759 g/mol. The molecule has 0 radical (unpaired) electrons. The van der Waals surface area contributed by atoms with Crippen molar-refractivity contribution in [1.82, 2.24) is 0 Å². The van der Waals surface area contributed by atoms with Crippen molar-refractivity contribution in [3.05, 3.63) is 12.3 Å². The molecule has 56 heavy (non-hydrogen) atoms. The minimum Gasteiger partial charge on any atom is -0.501 e. The lowest BCUT2D eigenvalue weighted by Crippen LogP contribution is -2.58. The van der Waals surface area contributed by atoms with Gasteiger partial charge >= 0.3 is 30.5 Å². The Labute approximate surface area is 330 Å². The highest BCUT2D eigenvalue weighted by atomic mass is 19.4. The number of fused-ring (bicyclic) bond motifs is 2. The normalized spacial score (nSPS) is 20.8. The highest BCUT2D eigenvalue weighted by Gasteiger charge is 2.71. The van der Waals surface area contributed by atoms with Gasteiger partial charge in [-0.3, -0.25) is 9.59 Å². The molecule has 3 aliphatic rings. The second-order valence-corrected chi connectivity index (χ2v) is 17.2. The molecule has 3 rings (SSSR count). The topological polar surface area (TPSA) is 82.1 Å². The van der Waals surface area contributed by atoms with Crippen molar-refractivity contribution in [2.45, 2.75) is 190 Å². The van der Waals surface area contributed by atoms with Crippen LogP contribution in [0.15, 0.2) is 12.3 Å². The molecule has 0 heterocycles. The first-order valence-electron chi connectivity index (χ1n) is 19.3. The zero-order valence-electron chi connectivity index (χ0n) is 34.7. The van der Waals surface area contributed by atoms with E-state index < -0.39 is 54.5 Å². The maximum Gasteiger partial charge on any atom is 0.426 e. The van der Waals surface area contributed by atoms with E-state index in [0.29, 0.717) is 25.7 Å². The fourth-order valence-electron chi connectivity index (χ4n) is 6.38. The van der Waals surface area contributed by atoms with Gasteiger partial charge in [-0.25, -0.2) is 0 Å². The summed E-state index contributed by atoms with van der Waals surface area (Å²) >= 11 is 0. The van der Waals surface area contributed by atoms with Gasteiger partial charge in [0.1, 0.15) is 5.60 Å².